The van der Waals surface area contributed by atoms with Crippen molar-refractivity contribution in [3.05, 3.63) is 154 Å². The number of aryl methyl sites for hydroxylation is 1. The fourth-order valence-electron chi connectivity index (χ4n) is 6.44. The Labute approximate surface area is 321 Å². The molecule has 6 aromatic rings. The summed E-state index contributed by atoms with van der Waals surface area (Å²) in [5.74, 6) is -1.64. The number of H-pyrrole nitrogens is 1. The van der Waals surface area contributed by atoms with Gasteiger partial charge < -0.3 is 25.7 Å². The Kier molecular flexibility index (Phi) is 11.4. The number of thioether (sulfide) groups is 1. The lowest BCUT2D eigenvalue weighted by atomic mass is 9.95. The van der Waals surface area contributed by atoms with Crippen LogP contribution in [0, 0.1) is 0 Å². The van der Waals surface area contributed by atoms with Crippen LogP contribution in [0.5, 0.6) is 0 Å². The molecule has 0 saturated heterocycles. The van der Waals surface area contributed by atoms with Crippen molar-refractivity contribution in [3.8, 4) is 0 Å². The van der Waals surface area contributed by atoms with Crippen LogP contribution in [-0.4, -0.2) is 35.3 Å². The molecule has 0 radical (unpaired) electrons. The summed E-state index contributed by atoms with van der Waals surface area (Å²) in [6, 6.07) is 33.1. The first kappa shape index (κ1) is 36.4. The maximum atomic E-state index is 14.2. The van der Waals surface area contributed by atoms with Gasteiger partial charge in [-0.05, 0) is 86.2 Å². The van der Waals surface area contributed by atoms with Crippen LogP contribution in [0.25, 0.3) is 17.0 Å². The minimum atomic E-state index is -0.686. The number of thiophene rings is 1. The second-order valence-electron chi connectivity index (χ2n) is 12.7. The zero-order valence-electron chi connectivity index (χ0n) is 29.5. The van der Waals surface area contributed by atoms with Crippen LogP contribution in [0.2, 0.25) is 0 Å². The number of hydrogen-bond acceptors (Lipinski definition) is 7. The van der Waals surface area contributed by atoms with E-state index in [9.17, 15) is 19.2 Å². The van der Waals surface area contributed by atoms with Gasteiger partial charge in [0, 0.05) is 43.7 Å². The van der Waals surface area contributed by atoms with Crippen molar-refractivity contribution in [2.75, 3.05) is 17.2 Å². The van der Waals surface area contributed by atoms with Crippen LogP contribution in [0.1, 0.15) is 67.3 Å². The molecule has 0 bridgehead atoms. The van der Waals surface area contributed by atoms with E-state index in [0.29, 0.717) is 21.8 Å². The molecule has 0 aliphatic heterocycles. The molecular formula is C43H38N4O5S2. The average Bonchev–Trinajstić information content (AvgIpc) is 3.78. The topological polar surface area (TPSA) is 129 Å². The third-order valence-electron chi connectivity index (χ3n) is 9.02. The Morgan fingerprint density at radius 1 is 0.870 bits per heavy atom. The van der Waals surface area contributed by atoms with Crippen molar-refractivity contribution < 1.29 is 23.9 Å². The monoisotopic (exact) mass is 754 g/mol. The van der Waals surface area contributed by atoms with Crippen LogP contribution in [-0.2, 0) is 27.2 Å². The summed E-state index contributed by atoms with van der Waals surface area (Å²) in [5, 5.41) is 9.57. The molecule has 11 heteroatoms. The van der Waals surface area contributed by atoms with E-state index < -0.39 is 23.0 Å². The number of hydrogen-bond donors (Lipinski definition) is 4. The number of aromatic nitrogens is 1. The molecule has 2 heterocycles. The molecule has 272 valence electrons. The second kappa shape index (κ2) is 16.8. The number of nitrogens with one attached hydrogen (secondary N) is 4. The van der Waals surface area contributed by atoms with E-state index in [2.05, 4.69) is 20.9 Å². The molecule has 0 saturated carbocycles. The van der Waals surface area contributed by atoms with Crippen LogP contribution in [0.3, 0.4) is 0 Å². The lowest BCUT2D eigenvalue weighted by Crippen LogP contribution is -2.30. The van der Waals surface area contributed by atoms with E-state index in [1.54, 1.807) is 61.7 Å². The first-order valence-corrected chi connectivity index (χ1v) is 19.5. The van der Waals surface area contributed by atoms with Crippen LogP contribution in [0.4, 0.5) is 10.7 Å². The zero-order valence-corrected chi connectivity index (χ0v) is 31.2. The van der Waals surface area contributed by atoms with E-state index in [1.807, 2.05) is 66.7 Å². The number of carbonyl (C=O) groups is 4. The SMILES string of the molecule is CCOC(=O)c1c(NC(=O)C(Sc2cccc(NC(=O)/C(=C/c3c[nH]c4ccccc34)NC(=O)c3ccccc3)c2)c2ccccc2)sc2c1CCCC2. The number of ether oxygens (including phenoxy) is 1. The summed E-state index contributed by atoms with van der Waals surface area (Å²) in [4.78, 5) is 59.5. The van der Waals surface area contributed by atoms with E-state index in [4.69, 9.17) is 4.74 Å². The number of fused-ring (bicyclic) bond motifs is 2. The summed E-state index contributed by atoms with van der Waals surface area (Å²) in [6.45, 7) is 2.02. The standard InChI is InChI=1S/C43H38N4O5S2/c1-2-52-43(51)37-33-21-10-12-23-36(33)54-42(37)47-41(50)38(27-14-5-3-6-15-27)53-31-19-13-18-30(25-31)45-40(49)35(46-39(48)28-16-7-4-8-17-28)24-29-26-44-34-22-11-9-20-32(29)34/h3-9,11,13-20,22,24-26,38,44H,2,10,12,21,23H2,1H3,(H,45,49)(H,46,48)(H,47,50)/b35-24-. The van der Waals surface area contributed by atoms with Crippen LogP contribution in [0.15, 0.2) is 126 Å². The van der Waals surface area contributed by atoms with Crippen molar-refractivity contribution in [1.82, 2.24) is 10.3 Å². The van der Waals surface area contributed by atoms with Gasteiger partial charge in [-0.3, -0.25) is 14.4 Å². The molecule has 9 nitrogen and oxygen atoms in total. The number of carbonyl (C=O) groups excluding carboxylic acids is 4. The number of benzene rings is 4. The van der Waals surface area contributed by atoms with E-state index >= 15 is 0 Å². The van der Waals surface area contributed by atoms with Crippen molar-refractivity contribution in [3.63, 3.8) is 0 Å². The number of esters is 1. The van der Waals surface area contributed by atoms with E-state index in [0.717, 1.165) is 63.0 Å². The summed E-state index contributed by atoms with van der Waals surface area (Å²) < 4.78 is 5.42. The van der Waals surface area contributed by atoms with Gasteiger partial charge in [0.05, 0.1) is 12.2 Å². The van der Waals surface area contributed by atoms with Crippen molar-refractivity contribution in [2.24, 2.45) is 0 Å². The zero-order chi connectivity index (χ0) is 37.4. The minimum Gasteiger partial charge on any atom is -0.462 e. The normalized spacial score (nSPS) is 13.1. The molecule has 1 aliphatic rings. The van der Waals surface area contributed by atoms with Crippen molar-refractivity contribution >= 4 is 74.5 Å². The second-order valence-corrected chi connectivity index (χ2v) is 15.0. The quantitative estimate of drug-likeness (QED) is 0.0561. The summed E-state index contributed by atoms with van der Waals surface area (Å²) in [5.41, 5.74) is 4.80. The first-order chi connectivity index (χ1) is 26.4. The third kappa shape index (κ3) is 8.33. The Morgan fingerprint density at radius 2 is 1.61 bits per heavy atom. The van der Waals surface area contributed by atoms with Crippen molar-refractivity contribution in [1.29, 1.82) is 0 Å². The maximum Gasteiger partial charge on any atom is 0.341 e. The van der Waals surface area contributed by atoms with Gasteiger partial charge in [-0.1, -0.05) is 72.8 Å². The molecule has 1 unspecified atom stereocenters. The predicted octanol–water partition coefficient (Wildman–Crippen LogP) is 9.17. The number of para-hydroxylation sites is 1. The van der Waals surface area contributed by atoms with Gasteiger partial charge in [0.15, 0.2) is 0 Å². The molecule has 54 heavy (non-hydrogen) atoms. The van der Waals surface area contributed by atoms with Gasteiger partial charge in [-0.15, -0.1) is 23.1 Å². The Balaban J connectivity index is 1.15. The van der Waals surface area contributed by atoms with E-state index in [-0.39, 0.29) is 18.2 Å². The lowest BCUT2D eigenvalue weighted by Gasteiger charge is -2.18. The highest BCUT2D eigenvalue weighted by molar-refractivity contribution is 8.00. The molecule has 0 spiro atoms. The Bertz CT molecular complexity index is 2350. The highest BCUT2D eigenvalue weighted by atomic mass is 32.2. The molecule has 1 atom stereocenters. The molecular weight excluding hydrogens is 717 g/mol. The Morgan fingerprint density at radius 3 is 2.41 bits per heavy atom. The molecule has 7 rings (SSSR count). The highest BCUT2D eigenvalue weighted by Crippen LogP contribution is 2.41. The van der Waals surface area contributed by atoms with Gasteiger partial charge in [-0.25, -0.2) is 4.79 Å². The largest absolute Gasteiger partial charge is 0.462 e. The van der Waals surface area contributed by atoms with Gasteiger partial charge >= 0.3 is 5.97 Å². The summed E-state index contributed by atoms with van der Waals surface area (Å²) in [7, 11) is 0. The maximum absolute atomic E-state index is 14.2. The predicted molar refractivity (Wildman–Crippen MR) is 216 cm³/mol. The fraction of sp³-hybridized carbons (Fsp3) is 0.163. The fourth-order valence-corrected chi connectivity index (χ4v) is 8.81. The molecule has 4 N–H and O–H groups in total. The number of anilines is 2. The van der Waals surface area contributed by atoms with Gasteiger partial charge in [-0.2, -0.15) is 0 Å². The average molecular weight is 755 g/mol. The smallest absolute Gasteiger partial charge is 0.341 e. The molecule has 2 aromatic heterocycles. The molecule has 3 amide bonds. The molecule has 4 aromatic carbocycles. The first-order valence-electron chi connectivity index (χ1n) is 17.8. The lowest BCUT2D eigenvalue weighted by molar-refractivity contribution is -0.116. The Hall–Kier alpha value is -5.91. The van der Waals surface area contributed by atoms with Crippen LogP contribution >= 0.6 is 23.1 Å². The summed E-state index contributed by atoms with van der Waals surface area (Å²) >= 11 is 2.78. The van der Waals surface area contributed by atoms with Gasteiger partial charge in [0.25, 0.3) is 11.8 Å². The third-order valence-corrected chi connectivity index (χ3v) is 11.5. The van der Waals surface area contributed by atoms with Crippen LogP contribution < -0.4 is 16.0 Å². The minimum absolute atomic E-state index is 0.0595. The van der Waals surface area contributed by atoms with E-state index in [1.165, 1.54) is 23.1 Å². The number of aromatic amines is 1. The highest BCUT2D eigenvalue weighted by Gasteiger charge is 2.30. The van der Waals surface area contributed by atoms with Gasteiger partial charge in [0.2, 0.25) is 5.91 Å². The number of amides is 3. The summed E-state index contributed by atoms with van der Waals surface area (Å²) in [6.07, 6.45) is 7.11. The number of rotatable bonds is 12. The molecule has 0 fully saturated rings. The van der Waals surface area contributed by atoms with Gasteiger partial charge in [0.1, 0.15) is 15.9 Å². The van der Waals surface area contributed by atoms with Crippen molar-refractivity contribution in [2.45, 2.75) is 42.8 Å². The molecule has 1 aliphatic carbocycles.